The summed E-state index contributed by atoms with van der Waals surface area (Å²) in [4.78, 5) is 23.8. The molecule has 0 aliphatic heterocycles. The number of aromatic nitrogens is 2. The Kier molecular flexibility index (Phi) is 3.47. The first-order valence-corrected chi connectivity index (χ1v) is 6.59. The summed E-state index contributed by atoms with van der Waals surface area (Å²) in [6.45, 7) is 8.14. The van der Waals surface area contributed by atoms with Crippen LogP contribution in [-0.2, 0) is 22.5 Å². The van der Waals surface area contributed by atoms with E-state index in [1.165, 1.54) is 0 Å². The second kappa shape index (κ2) is 4.79. The van der Waals surface area contributed by atoms with E-state index in [4.69, 9.17) is 4.74 Å². The monoisotopic (exact) mass is 264 g/mol. The van der Waals surface area contributed by atoms with Gasteiger partial charge < -0.3 is 4.74 Å². The maximum absolute atomic E-state index is 12.2. The fourth-order valence-corrected chi connectivity index (χ4v) is 2.67. The Morgan fingerprint density at radius 3 is 2.74 bits per heavy atom. The summed E-state index contributed by atoms with van der Waals surface area (Å²) < 4.78 is 6.57. The zero-order chi connectivity index (χ0) is 14.2. The van der Waals surface area contributed by atoms with E-state index < -0.39 is 0 Å². The van der Waals surface area contributed by atoms with Gasteiger partial charge in [-0.1, -0.05) is 13.8 Å². The minimum Gasteiger partial charge on any atom is -0.465 e. The number of rotatable bonds is 3. The predicted octanol–water partition coefficient (Wildman–Crippen LogP) is 1.91. The zero-order valence-electron chi connectivity index (χ0n) is 11.9. The number of hydrogen-bond acceptors (Lipinski definition) is 4. The van der Waals surface area contributed by atoms with E-state index in [0.29, 0.717) is 24.3 Å². The van der Waals surface area contributed by atoms with Gasteiger partial charge in [0.25, 0.3) is 0 Å². The summed E-state index contributed by atoms with van der Waals surface area (Å²) in [5, 5.41) is 4.33. The van der Waals surface area contributed by atoms with Crippen LogP contribution in [-0.4, -0.2) is 28.1 Å². The first-order chi connectivity index (χ1) is 8.84. The molecule has 0 N–H and O–H groups in total. The topological polar surface area (TPSA) is 61.2 Å². The number of nitrogens with zero attached hydrogens (tertiary/aromatic N) is 2. The molecule has 0 saturated heterocycles. The molecule has 0 radical (unpaired) electrons. The Balaban J connectivity index is 2.35. The van der Waals surface area contributed by atoms with E-state index in [-0.39, 0.29) is 23.7 Å². The van der Waals surface area contributed by atoms with Crippen LogP contribution in [0.15, 0.2) is 0 Å². The molecule has 0 bridgehead atoms. The Bertz CT molecular complexity index is 529. The molecule has 1 aromatic heterocycles. The van der Waals surface area contributed by atoms with Crippen LogP contribution >= 0.6 is 0 Å². The van der Waals surface area contributed by atoms with Gasteiger partial charge in [-0.15, -0.1) is 0 Å². The smallest absolute Gasteiger partial charge is 0.327 e. The molecule has 0 amide bonds. The van der Waals surface area contributed by atoms with Crippen molar-refractivity contribution in [1.82, 2.24) is 9.78 Å². The fraction of sp³-hybridized carbons (Fsp3) is 0.643. The SMILES string of the molecule is CCOC(=O)Cn1nc(C)c2c1CC(C)(C)CC2=O. The number of Topliss-reactive ketones (excluding diaryl/α,β-unsaturated/α-hetero) is 1. The van der Waals surface area contributed by atoms with Crippen molar-refractivity contribution in [3.8, 4) is 0 Å². The number of carbonyl (C=O) groups is 2. The lowest BCUT2D eigenvalue weighted by atomic mass is 9.75. The van der Waals surface area contributed by atoms with E-state index in [1.807, 2.05) is 6.92 Å². The molecule has 5 heteroatoms. The van der Waals surface area contributed by atoms with Crippen LogP contribution in [0.2, 0.25) is 0 Å². The van der Waals surface area contributed by atoms with Gasteiger partial charge in [-0.25, -0.2) is 0 Å². The lowest BCUT2D eigenvalue weighted by molar-refractivity contribution is -0.144. The van der Waals surface area contributed by atoms with Gasteiger partial charge in [0.2, 0.25) is 0 Å². The normalized spacial score (nSPS) is 17.2. The van der Waals surface area contributed by atoms with Gasteiger partial charge in [-0.2, -0.15) is 5.10 Å². The maximum atomic E-state index is 12.2. The van der Waals surface area contributed by atoms with Crippen LogP contribution in [0.25, 0.3) is 0 Å². The van der Waals surface area contributed by atoms with Gasteiger partial charge in [0, 0.05) is 6.42 Å². The van der Waals surface area contributed by atoms with Gasteiger partial charge in [-0.3, -0.25) is 14.3 Å². The molecule has 0 spiro atoms. The van der Waals surface area contributed by atoms with Gasteiger partial charge in [0.15, 0.2) is 5.78 Å². The minimum absolute atomic E-state index is 0.0768. The number of esters is 1. The molecule has 2 rings (SSSR count). The molecular formula is C14H20N2O3. The number of ketones is 1. The number of aryl methyl sites for hydroxylation is 1. The van der Waals surface area contributed by atoms with E-state index >= 15 is 0 Å². The fourth-order valence-electron chi connectivity index (χ4n) is 2.67. The standard InChI is InChI=1S/C14H20N2O3/c1-5-19-12(18)8-16-10-6-14(3,4)7-11(17)13(10)9(2)15-16/h5-8H2,1-4H3. The summed E-state index contributed by atoms with van der Waals surface area (Å²) in [5.74, 6) is -0.192. The molecule has 1 aliphatic carbocycles. The highest BCUT2D eigenvalue weighted by Gasteiger charge is 2.35. The first-order valence-electron chi connectivity index (χ1n) is 6.59. The van der Waals surface area contributed by atoms with Gasteiger partial charge >= 0.3 is 5.97 Å². The molecule has 0 fully saturated rings. The Labute approximate surface area is 112 Å². The van der Waals surface area contributed by atoms with Crippen LogP contribution in [0, 0.1) is 12.3 Å². The maximum Gasteiger partial charge on any atom is 0.327 e. The number of hydrogen-bond donors (Lipinski definition) is 0. The largest absolute Gasteiger partial charge is 0.465 e. The number of fused-ring (bicyclic) bond motifs is 1. The summed E-state index contributed by atoms with van der Waals surface area (Å²) in [5.41, 5.74) is 2.19. The highest BCUT2D eigenvalue weighted by Crippen LogP contribution is 2.35. The van der Waals surface area contributed by atoms with E-state index in [2.05, 4.69) is 18.9 Å². The van der Waals surface area contributed by atoms with E-state index in [1.54, 1.807) is 11.6 Å². The molecule has 1 aliphatic rings. The first kappa shape index (κ1) is 13.8. The van der Waals surface area contributed by atoms with E-state index in [0.717, 1.165) is 12.1 Å². The lowest BCUT2D eigenvalue weighted by Crippen LogP contribution is -2.29. The van der Waals surface area contributed by atoms with Gasteiger partial charge in [-0.05, 0) is 25.7 Å². The van der Waals surface area contributed by atoms with Crippen LogP contribution in [0.1, 0.15) is 48.9 Å². The third-order valence-electron chi connectivity index (χ3n) is 3.38. The summed E-state index contributed by atoms with van der Waals surface area (Å²) in [7, 11) is 0. The van der Waals surface area contributed by atoms with Gasteiger partial charge in [0.05, 0.1) is 23.6 Å². The van der Waals surface area contributed by atoms with Crippen molar-refractivity contribution in [3.05, 3.63) is 17.0 Å². The quantitative estimate of drug-likeness (QED) is 0.782. The third kappa shape index (κ3) is 2.69. The number of ether oxygens (including phenoxy) is 1. The predicted molar refractivity (Wildman–Crippen MR) is 70.0 cm³/mol. The van der Waals surface area contributed by atoms with Crippen LogP contribution in [0.4, 0.5) is 0 Å². The van der Waals surface area contributed by atoms with E-state index in [9.17, 15) is 9.59 Å². The second-order valence-electron chi connectivity index (χ2n) is 5.81. The van der Waals surface area contributed by atoms with Crippen molar-refractivity contribution in [3.63, 3.8) is 0 Å². The third-order valence-corrected chi connectivity index (χ3v) is 3.38. The van der Waals surface area contributed by atoms with Crippen LogP contribution in [0.5, 0.6) is 0 Å². The Morgan fingerprint density at radius 1 is 1.42 bits per heavy atom. The molecule has 1 heterocycles. The van der Waals surface area contributed by atoms with Gasteiger partial charge in [0.1, 0.15) is 6.54 Å². The molecule has 19 heavy (non-hydrogen) atoms. The molecule has 0 unspecified atom stereocenters. The van der Waals surface area contributed by atoms with Crippen molar-refractivity contribution in [1.29, 1.82) is 0 Å². The highest BCUT2D eigenvalue weighted by molar-refractivity contribution is 5.99. The molecule has 0 atom stereocenters. The second-order valence-corrected chi connectivity index (χ2v) is 5.81. The zero-order valence-corrected chi connectivity index (χ0v) is 11.9. The van der Waals surface area contributed by atoms with Crippen molar-refractivity contribution < 1.29 is 14.3 Å². The van der Waals surface area contributed by atoms with Crippen molar-refractivity contribution in [2.75, 3.05) is 6.61 Å². The number of carbonyl (C=O) groups excluding carboxylic acids is 2. The Hall–Kier alpha value is -1.65. The summed E-state index contributed by atoms with van der Waals surface area (Å²) in [6.07, 6.45) is 1.29. The molecule has 5 nitrogen and oxygen atoms in total. The molecular weight excluding hydrogens is 244 g/mol. The van der Waals surface area contributed by atoms with Crippen molar-refractivity contribution in [2.24, 2.45) is 5.41 Å². The van der Waals surface area contributed by atoms with Crippen LogP contribution in [0.3, 0.4) is 0 Å². The molecule has 0 aromatic carbocycles. The van der Waals surface area contributed by atoms with Crippen LogP contribution < -0.4 is 0 Å². The molecule has 104 valence electrons. The Morgan fingerprint density at radius 2 is 2.11 bits per heavy atom. The molecule has 0 saturated carbocycles. The average molecular weight is 264 g/mol. The average Bonchev–Trinajstić information content (AvgIpc) is 2.53. The van der Waals surface area contributed by atoms with Crippen molar-refractivity contribution in [2.45, 2.75) is 47.1 Å². The molecule has 1 aromatic rings. The summed E-state index contributed by atoms with van der Waals surface area (Å²) in [6, 6.07) is 0. The van der Waals surface area contributed by atoms with Crippen molar-refractivity contribution >= 4 is 11.8 Å². The highest BCUT2D eigenvalue weighted by atomic mass is 16.5. The minimum atomic E-state index is -0.316. The summed E-state index contributed by atoms with van der Waals surface area (Å²) >= 11 is 0. The lowest BCUT2D eigenvalue weighted by Gasteiger charge is -2.29.